The minimum absolute atomic E-state index is 0.203. The van der Waals surface area contributed by atoms with Gasteiger partial charge in [-0.25, -0.2) is 0 Å². The van der Waals surface area contributed by atoms with Crippen LogP contribution in [0.15, 0.2) is 47.8 Å². The summed E-state index contributed by atoms with van der Waals surface area (Å²) in [5, 5.41) is 7.64. The van der Waals surface area contributed by atoms with E-state index >= 15 is 0 Å². The number of nitrogens with one attached hydrogen (secondary N) is 2. The van der Waals surface area contributed by atoms with Crippen molar-refractivity contribution in [2.75, 3.05) is 19.6 Å². The van der Waals surface area contributed by atoms with E-state index < -0.39 is 6.04 Å². The van der Waals surface area contributed by atoms with Crippen LogP contribution in [0.25, 0.3) is 0 Å². The van der Waals surface area contributed by atoms with Crippen molar-refractivity contribution in [3.8, 4) is 0 Å². The van der Waals surface area contributed by atoms with Crippen LogP contribution in [0.4, 0.5) is 0 Å². The van der Waals surface area contributed by atoms with Crippen LogP contribution in [0.5, 0.6) is 0 Å². The molecule has 2 N–H and O–H groups in total. The van der Waals surface area contributed by atoms with E-state index in [0.717, 1.165) is 31.4 Å². The van der Waals surface area contributed by atoms with Crippen LogP contribution >= 0.6 is 11.3 Å². The van der Waals surface area contributed by atoms with E-state index in [1.165, 1.54) is 11.3 Å². The highest BCUT2D eigenvalue weighted by molar-refractivity contribution is 7.12. The summed E-state index contributed by atoms with van der Waals surface area (Å²) in [5.41, 5.74) is 0.985. The van der Waals surface area contributed by atoms with Gasteiger partial charge >= 0.3 is 0 Å². The molecule has 6 nitrogen and oxygen atoms in total. The second-order valence-electron chi connectivity index (χ2n) is 7.53. The van der Waals surface area contributed by atoms with Crippen LogP contribution in [0.2, 0.25) is 0 Å². The minimum Gasteiger partial charge on any atom is -0.354 e. The Labute approximate surface area is 181 Å². The molecule has 1 aliphatic rings. The fourth-order valence-electron chi connectivity index (χ4n) is 3.58. The summed E-state index contributed by atoms with van der Waals surface area (Å²) in [5.74, 6) is -0.230. The number of carbonyl (C=O) groups is 3. The Bertz CT molecular complexity index is 823. The van der Waals surface area contributed by atoms with Crippen LogP contribution in [-0.4, -0.2) is 48.3 Å². The van der Waals surface area contributed by atoms with Gasteiger partial charge in [0.15, 0.2) is 0 Å². The maximum absolute atomic E-state index is 12.8. The summed E-state index contributed by atoms with van der Waals surface area (Å²) in [6.45, 7) is 1.94. The summed E-state index contributed by atoms with van der Waals surface area (Å²) < 4.78 is 0. The molecule has 1 unspecified atom stereocenters. The lowest BCUT2D eigenvalue weighted by atomic mass is 10.1. The molecule has 2 heterocycles. The summed E-state index contributed by atoms with van der Waals surface area (Å²) in [7, 11) is 0. The SMILES string of the molecule is O=C(NC(Cc1ccccc1)C(=O)NCCCN1CCCCCC1=O)c1cccs1. The van der Waals surface area contributed by atoms with Gasteiger partial charge in [-0.2, -0.15) is 0 Å². The topological polar surface area (TPSA) is 78.5 Å². The number of nitrogens with zero attached hydrogens (tertiary/aromatic N) is 1. The Balaban J connectivity index is 1.53. The molecule has 30 heavy (non-hydrogen) atoms. The maximum Gasteiger partial charge on any atom is 0.262 e. The molecule has 1 atom stereocenters. The highest BCUT2D eigenvalue weighted by atomic mass is 32.1. The first-order chi connectivity index (χ1) is 14.6. The molecule has 0 spiro atoms. The van der Waals surface area contributed by atoms with Crippen molar-refractivity contribution in [1.29, 1.82) is 0 Å². The molecule has 1 aliphatic heterocycles. The van der Waals surface area contributed by atoms with Crippen molar-refractivity contribution < 1.29 is 14.4 Å². The Morgan fingerprint density at radius 3 is 2.67 bits per heavy atom. The number of hydrogen-bond donors (Lipinski definition) is 2. The van der Waals surface area contributed by atoms with E-state index in [1.54, 1.807) is 6.07 Å². The van der Waals surface area contributed by atoms with Crippen molar-refractivity contribution in [2.24, 2.45) is 0 Å². The fraction of sp³-hybridized carbons (Fsp3) is 0.435. The van der Waals surface area contributed by atoms with Gasteiger partial charge in [0.2, 0.25) is 11.8 Å². The van der Waals surface area contributed by atoms with Crippen molar-refractivity contribution in [2.45, 2.75) is 44.6 Å². The maximum atomic E-state index is 12.8. The predicted molar refractivity (Wildman–Crippen MR) is 118 cm³/mol. The Morgan fingerprint density at radius 2 is 1.90 bits per heavy atom. The third kappa shape index (κ3) is 6.69. The zero-order valence-electron chi connectivity index (χ0n) is 17.1. The van der Waals surface area contributed by atoms with E-state index in [9.17, 15) is 14.4 Å². The first kappa shape index (κ1) is 22.0. The van der Waals surface area contributed by atoms with Crippen molar-refractivity contribution >= 4 is 29.1 Å². The smallest absolute Gasteiger partial charge is 0.262 e. The summed E-state index contributed by atoms with van der Waals surface area (Å²) in [6, 6.07) is 12.6. The van der Waals surface area contributed by atoms with E-state index in [2.05, 4.69) is 10.6 Å². The number of carbonyl (C=O) groups excluding carboxylic acids is 3. The predicted octanol–water partition coefficient (Wildman–Crippen LogP) is 3.00. The van der Waals surface area contributed by atoms with Crippen molar-refractivity contribution in [1.82, 2.24) is 15.5 Å². The largest absolute Gasteiger partial charge is 0.354 e. The van der Waals surface area contributed by atoms with Crippen LogP contribution in [0, 0.1) is 0 Å². The minimum atomic E-state index is -0.651. The van der Waals surface area contributed by atoms with Gasteiger partial charge in [0.05, 0.1) is 4.88 Å². The summed E-state index contributed by atoms with van der Waals surface area (Å²) >= 11 is 1.35. The van der Waals surface area contributed by atoms with E-state index in [1.807, 2.05) is 46.7 Å². The van der Waals surface area contributed by atoms with Crippen LogP contribution in [0.3, 0.4) is 0 Å². The van der Waals surface area contributed by atoms with Gasteiger partial charge in [0.25, 0.3) is 5.91 Å². The van der Waals surface area contributed by atoms with Gasteiger partial charge in [-0.05, 0) is 36.3 Å². The molecule has 0 bridgehead atoms. The highest BCUT2D eigenvalue weighted by Gasteiger charge is 2.22. The third-order valence-corrected chi connectivity index (χ3v) is 6.09. The number of benzene rings is 1. The van der Waals surface area contributed by atoms with E-state index in [0.29, 0.717) is 37.2 Å². The normalized spacial score (nSPS) is 15.3. The van der Waals surface area contributed by atoms with E-state index in [-0.39, 0.29) is 17.7 Å². The molecule has 0 saturated carbocycles. The van der Waals surface area contributed by atoms with Crippen molar-refractivity contribution in [3.63, 3.8) is 0 Å². The molecule has 7 heteroatoms. The number of amides is 3. The van der Waals surface area contributed by atoms with Crippen LogP contribution in [-0.2, 0) is 16.0 Å². The molecular formula is C23H29N3O3S. The average molecular weight is 428 g/mol. The molecule has 160 valence electrons. The zero-order valence-corrected chi connectivity index (χ0v) is 18.0. The van der Waals surface area contributed by atoms with Crippen LogP contribution < -0.4 is 10.6 Å². The Morgan fingerprint density at radius 1 is 1.07 bits per heavy atom. The molecule has 0 radical (unpaired) electrons. The van der Waals surface area contributed by atoms with Crippen LogP contribution in [0.1, 0.15) is 47.3 Å². The third-order valence-electron chi connectivity index (χ3n) is 5.22. The Kier molecular flexibility index (Phi) is 8.44. The number of likely N-dealkylation sites (tertiary alicyclic amines) is 1. The number of thiophene rings is 1. The van der Waals surface area contributed by atoms with Gasteiger partial charge in [-0.3, -0.25) is 14.4 Å². The first-order valence-electron chi connectivity index (χ1n) is 10.6. The Hall–Kier alpha value is -2.67. The second kappa shape index (κ2) is 11.5. The lowest BCUT2D eigenvalue weighted by molar-refractivity contribution is -0.130. The quantitative estimate of drug-likeness (QED) is 0.604. The van der Waals surface area contributed by atoms with Gasteiger partial charge in [-0.15, -0.1) is 11.3 Å². The summed E-state index contributed by atoms with van der Waals surface area (Å²) in [6.07, 6.45) is 4.87. The zero-order chi connectivity index (χ0) is 21.2. The van der Waals surface area contributed by atoms with E-state index in [4.69, 9.17) is 0 Å². The molecule has 1 saturated heterocycles. The highest BCUT2D eigenvalue weighted by Crippen LogP contribution is 2.12. The van der Waals surface area contributed by atoms with Gasteiger partial charge in [-0.1, -0.05) is 42.8 Å². The molecule has 1 aromatic heterocycles. The number of hydrogen-bond acceptors (Lipinski definition) is 4. The van der Waals surface area contributed by atoms with Gasteiger partial charge in [0, 0.05) is 32.5 Å². The summed E-state index contributed by atoms with van der Waals surface area (Å²) in [4.78, 5) is 39.9. The molecule has 3 rings (SSSR count). The number of rotatable bonds is 9. The molecule has 2 aromatic rings. The molecular weight excluding hydrogens is 398 g/mol. The van der Waals surface area contributed by atoms with Crippen molar-refractivity contribution in [3.05, 3.63) is 58.3 Å². The lowest BCUT2D eigenvalue weighted by Crippen LogP contribution is -2.48. The first-order valence-corrected chi connectivity index (χ1v) is 11.5. The van der Waals surface area contributed by atoms with Gasteiger partial charge in [0.1, 0.15) is 6.04 Å². The van der Waals surface area contributed by atoms with Gasteiger partial charge < -0.3 is 15.5 Å². The standard InChI is InChI=1S/C23H29N3O3S/c27-21-12-5-2-6-14-26(21)15-8-13-24-22(28)19(17-18-9-3-1-4-10-18)25-23(29)20-11-7-16-30-20/h1,3-4,7,9-11,16,19H,2,5-6,8,12-15,17H2,(H,24,28)(H,25,29). The molecule has 1 fully saturated rings. The molecule has 3 amide bonds. The second-order valence-corrected chi connectivity index (χ2v) is 8.48. The molecule has 0 aliphatic carbocycles. The fourth-order valence-corrected chi connectivity index (χ4v) is 4.20. The average Bonchev–Trinajstić information content (AvgIpc) is 3.22. The molecule has 1 aromatic carbocycles. The monoisotopic (exact) mass is 427 g/mol. The lowest BCUT2D eigenvalue weighted by Gasteiger charge is -2.21.